The van der Waals surface area contributed by atoms with E-state index in [1.807, 2.05) is 0 Å². The van der Waals surface area contributed by atoms with Crippen molar-refractivity contribution in [1.82, 2.24) is 10.6 Å². The van der Waals surface area contributed by atoms with E-state index in [9.17, 15) is 22.8 Å². The molecular formula is C15H14ClF3N2O2. The van der Waals surface area contributed by atoms with Gasteiger partial charge in [-0.05, 0) is 29.7 Å². The van der Waals surface area contributed by atoms with Crippen molar-refractivity contribution in [2.75, 3.05) is 0 Å². The number of piperazine rings is 1. The van der Waals surface area contributed by atoms with Crippen LogP contribution in [0, 0.1) is 11.7 Å². The van der Waals surface area contributed by atoms with E-state index in [0.29, 0.717) is 5.02 Å². The average molecular weight is 347 g/mol. The van der Waals surface area contributed by atoms with Gasteiger partial charge >= 0.3 is 0 Å². The van der Waals surface area contributed by atoms with Crippen LogP contribution in [0.25, 0.3) is 0 Å². The minimum atomic E-state index is -2.77. The molecule has 1 heterocycles. The Morgan fingerprint density at radius 3 is 2.52 bits per heavy atom. The Morgan fingerprint density at radius 1 is 1.17 bits per heavy atom. The van der Waals surface area contributed by atoms with E-state index >= 15 is 0 Å². The van der Waals surface area contributed by atoms with Crippen molar-refractivity contribution in [1.29, 1.82) is 0 Å². The van der Waals surface area contributed by atoms with Gasteiger partial charge in [0.2, 0.25) is 17.7 Å². The third-order valence-corrected chi connectivity index (χ3v) is 4.47. The normalized spacial score (nSPS) is 27.1. The van der Waals surface area contributed by atoms with Crippen LogP contribution in [0.5, 0.6) is 0 Å². The topological polar surface area (TPSA) is 58.2 Å². The van der Waals surface area contributed by atoms with Gasteiger partial charge in [0.05, 0.1) is 0 Å². The molecule has 0 radical (unpaired) electrons. The van der Waals surface area contributed by atoms with Crippen LogP contribution >= 0.6 is 11.6 Å². The van der Waals surface area contributed by atoms with Gasteiger partial charge in [-0.3, -0.25) is 9.59 Å². The van der Waals surface area contributed by atoms with E-state index in [1.54, 1.807) is 0 Å². The van der Waals surface area contributed by atoms with Gasteiger partial charge in [0.25, 0.3) is 0 Å². The number of benzene rings is 1. The monoisotopic (exact) mass is 346 g/mol. The Hall–Kier alpha value is -1.76. The SMILES string of the molecule is O=C1N[C@@H](Cc2cc(Cl)ccc2F)C(=O)NC1C1CC(F)(F)C1. The zero-order chi connectivity index (χ0) is 16.8. The molecule has 4 nitrogen and oxygen atoms in total. The first kappa shape index (κ1) is 16.1. The van der Waals surface area contributed by atoms with E-state index in [0.717, 1.165) is 0 Å². The number of hydrogen-bond acceptors (Lipinski definition) is 2. The molecule has 2 amide bonds. The summed E-state index contributed by atoms with van der Waals surface area (Å²) in [6, 6.07) is 2.04. The quantitative estimate of drug-likeness (QED) is 0.880. The molecular weight excluding hydrogens is 333 g/mol. The molecule has 1 unspecified atom stereocenters. The van der Waals surface area contributed by atoms with Gasteiger partial charge in [-0.15, -0.1) is 0 Å². The van der Waals surface area contributed by atoms with Gasteiger partial charge in [-0.2, -0.15) is 0 Å². The largest absolute Gasteiger partial charge is 0.342 e. The van der Waals surface area contributed by atoms with Crippen LogP contribution in [0.4, 0.5) is 13.2 Å². The summed E-state index contributed by atoms with van der Waals surface area (Å²) in [6.07, 6.45) is -0.893. The molecule has 1 aromatic carbocycles. The number of amides is 2. The lowest BCUT2D eigenvalue weighted by Crippen LogP contribution is -2.66. The van der Waals surface area contributed by atoms with Gasteiger partial charge in [-0.1, -0.05) is 11.6 Å². The molecule has 23 heavy (non-hydrogen) atoms. The molecule has 1 aliphatic heterocycles. The molecule has 1 saturated carbocycles. The van der Waals surface area contributed by atoms with Crippen molar-refractivity contribution in [3.63, 3.8) is 0 Å². The van der Waals surface area contributed by atoms with Crippen LogP contribution in [-0.2, 0) is 16.0 Å². The summed E-state index contributed by atoms with van der Waals surface area (Å²) in [5.41, 5.74) is 0.201. The van der Waals surface area contributed by atoms with Gasteiger partial charge < -0.3 is 10.6 Å². The summed E-state index contributed by atoms with van der Waals surface area (Å²) in [5.74, 6) is -4.90. The molecule has 2 atom stereocenters. The fourth-order valence-electron chi connectivity index (χ4n) is 2.98. The molecule has 124 valence electrons. The smallest absolute Gasteiger partial charge is 0.248 e. The second-order valence-corrected chi connectivity index (χ2v) is 6.45. The highest BCUT2D eigenvalue weighted by Crippen LogP contribution is 2.44. The van der Waals surface area contributed by atoms with Crippen molar-refractivity contribution in [3.8, 4) is 0 Å². The Bertz CT molecular complexity index is 660. The van der Waals surface area contributed by atoms with E-state index < -0.39 is 54.4 Å². The number of halogens is 4. The highest BCUT2D eigenvalue weighted by atomic mass is 35.5. The van der Waals surface area contributed by atoms with Gasteiger partial charge in [0, 0.05) is 24.3 Å². The first-order valence-corrected chi connectivity index (χ1v) is 7.55. The van der Waals surface area contributed by atoms with Crippen LogP contribution in [0.3, 0.4) is 0 Å². The lowest BCUT2D eigenvalue weighted by atomic mass is 9.75. The molecule has 2 fully saturated rings. The Kier molecular flexibility index (Phi) is 4.00. The first-order chi connectivity index (χ1) is 10.7. The number of hydrogen-bond donors (Lipinski definition) is 2. The van der Waals surface area contributed by atoms with Crippen LogP contribution in [0.2, 0.25) is 5.02 Å². The van der Waals surface area contributed by atoms with Gasteiger partial charge in [0.1, 0.15) is 17.9 Å². The maximum atomic E-state index is 13.7. The highest BCUT2D eigenvalue weighted by Gasteiger charge is 2.52. The summed E-state index contributed by atoms with van der Waals surface area (Å²) in [5, 5.41) is 5.27. The summed E-state index contributed by atoms with van der Waals surface area (Å²) in [4.78, 5) is 24.1. The van der Waals surface area contributed by atoms with Gasteiger partial charge in [0.15, 0.2) is 0 Å². The van der Waals surface area contributed by atoms with Crippen molar-refractivity contribution in [2.45, 2.75) is 37.3 Å². The van der Waals surface area contributed by atoms with E-state index in [2.05, 4.69) is 10.6 Å². The summed E-state index contributed by atoms with van der Waals surface area (Å²) in [6.45, 7) is 0. The maximum Gasteiger partial charge on any atom is 0.248 e. The first-order valence-electron chi connectivity index (χ1n) is 7.18. The van der Waals surface area contributed by atoms with Crippen molar-refractivity contribution in [3.05, 3.63) is 34.6 Å². The molecule has 2 N–H and O–H groups in total. The molecule has 0 aromatic heterocycles. The molecule has 1 aromatic rings. The van der Waals surface area contributed by atoms with Crippen LogP contribution in [0.15, 0.2) is 18.2 Å². The minimum Gasteiger partial charge on any atom is -0.342 e. The minimum absolute atomic E-state index is 0.0580. The lowest BCUT2D eigenvalue weighted by molar-refractivity contribution is -0.150. The van der Waals surface area contributed by atoms with Crippen LogP contribution < -0.4 is 10.6 Å². The number of alkyl halides is 2. The zero-order valence-corrected chi connectivity index (χ0v) is 12.7. The molecule has 8 heteroatoms. The Labute approximate surface area is 135 Å². The predicted octanol–water partition coefficient (Wildman–Crippen LogP) is 2.05. The standard InChI is InChI=1S/C15H14ClF3N2O2/c16-9-1-2-10(17)7(3-9)4-11-13(22)21-12(14(23)20-11)8-5-15(18,19)6-8/h1-3,8,11-12H,4-6H2,(H,20,23)(H,21,22)/t11-,12?/m0/s1. The third kappa shape index (κ3) is 3.29. The van der Waals surface area contributed by atoms with Crippen molar-refractivity contribution >= 4 is 23.4 Å². The molecule has 0 spiro atoms. The number of nitrogens with one attached hydrogen (secondary N) is 2. The molecule has 1 aliphatic carbocycles. The second-order valence-electron chi connectivity index (χ2n) is 6.01. The Balaban J connectivity index is 1.67. The number of rotatable bonds is 3. The maximum absolute atomic E-state index is 13.7. The van der Waals surface area contributed by atoms with Crippen molar-refractivity contribution < 1.29 is 22.8 Å². The summed E-state index contributed by atoms with van der Waals surface area (Å²) < 4.78 is 39.5. The second kappa shape index (κ2) is 5.70. The van der Waals surface area contributed by atoms with E-state index in [1.165, 1.54) is 18.2 Å². The van der Waals surface area contributed by atoms with Crippen LogP contribution in [-0.4, -0.2) is 29.8 Å². The molecule has 3 rings (SSSR count). The van der Waals surface area contributed by atoms with E-state index in [4.69, 9.17) is 11.6 Å². The molecule has 2 aliphatic rings. The van der Waals surface area contributed by atoms with E-state index in [-0.39, 0.29) is 12.0 Å². The Morgan fingerprint density at radius 2 is 1.87 bits per heavy atom. The van der Waals surface area contributed by atoms with Crippen LogP contribution in [0.1, 0.15) is 18.4 Å². The highest BCUT2D eigenvalue weighted by molar-refractivity contribution is 6.30. The fourth-order valence-corrected chi connectivity index (χ4v) is 3.18. The van der Waals surface area contributed by atoms with Crippen molar-refractivity contribution in [2.24, 2.45) is 5.92 Å². The molecule has 1 saturated heterocycles. The number of carbonyl (C=O) groups excluding carboxylic acids is 2. The zero-order valence-electron chi connectivity index (χ0n) is 11.9. The average Bonchev–Trinajstić information content (AvgIpc) is 2.44. The number of carbonyl (C=O) groups is 2. The molecule has 0 bridgehead atoms. The van der Waals surface area contributed by atoms with Gasteiger partial charge in [-0.25, -0.2) is 13.2 Å². The summed E-state index contributed by atoms with van der Waals surface area (Å²) in [7, 11) is 0. The predicted molar refractivity (Wildman–Crippen MR) is 76.6 cm³/mol. The summed E-state index contributed by atoms with van der Waals surface area (Å²) >= 11 is 5.79. The lowest BCUT2D eigenvalue weighted by Gasteiger charge is -2.42. The third-order valence-electron chi connectivity index (χ3n) is 4.24. The fraction of sp³-hybridized carbons (Fsp3) is 0.467.